The molecule has 0 aliphatic carbocycles. The van der Waals surface area contributed by atoms with Crippen LogP contribution in [0.25, 0.3) is 0 Å². The van der Waals surface area contributed by atoms with Gasteiger partial charge in [-0.15, -0.1) is 0 Å². The van der Waals surface area contributed by atoms with Crippen molar-refractivity contribution in [3.8, 4) is 5.75 Å². The highest BCUT2D eigenvalue weighted by Gasteiger charge is 2.08. The SMILES string of the molecule is Cc1cccc(NC(=O)c2ccc(NC(=O)COc3ccccc3)cc2)c1. The van der Waals surface area contributed by atoms with E-state index in [-0.39, 0.29) is 18.4 Å². The van der Waals surface area contributed by atoms with Crippen molar-refractivity contribution < 1.29 is 14.3 Å². The maximum Gasteiger partial charge on any atom is 0.262 e. The van der Waals surface area contributed by atoms with Crippen LogP contribution >= 0.6 is 0 Å². The van der Waals surface area contributed by atoms with Gasteiger partial charge < -0.3 is 15.4 Å². The molecular formula is C22H20N2O3. The number of carbonyl (C=O) groups is 2. The van der Waals surface area contributed by atoms with Crippen molar-refractivity contribution in [2.45, 2.75) is 6.92 Å². The summed E-state index contributed by atoms with van der Waals surface area (Å²) in [6.07, 6.45) is 0. The van der Waals surface area contributed by atoms with Crippen LogP contribution in [0.3, 0.4) is 0 Å². The molecule has 3 rings (SSSR count). The van der Waals surface area contributed by atoms with Crippen molar-refractivity contribution in [2.75, 3.05) is 17.2 Å². The van der Waals surface area contributed by atoms with Crippen LogP contribution in [-0.4, -0.2) is 18.4 Å². The van der Waals surface area contributed by atoms with Crippen LogP contribution in [0.4, 0.5) is 11.4 Å². The van der Waals surface area contributed by atoms with Gasteiger partial charge in [-0.2, -0.15) is 0 Å². The minimum atomic E-state index is -0.268. The average Bonchev–Trinajstić information content (AvgIpc) is 2.68. The first-order valence-electron chi connectivity index (χ1n) is 8.56. The van der Waals surface area contributed by atoms with E-state index in [1.165, 1.54) is 0 Å². The first-order valence-corrected chi connectivity index (χ1v) is 8.56. The number of hydrogen-bond acceptors (Lipinski definition) is 3. The van der Waals surface area contributed by atoms with Gasteiger partial charge in [0.25, 0.3) is 11.8 Å². The van der Waals surface area contributed by atoms with Crippen LogP contribution in [0.15, 0.2) is 78.9 Å². The number of anilines is 2. The van der Waals surface area contributed by atoms with Crippen LogP contribution in [0.2, 0.25) is 0 Å². The van der Waals surface area contributed by atoms with Crippen molar-refractivity contribution >= 4 is 23.2 Å². The van der Waals surface area contributed by atoms with Gasteiger partial charge in [0.15, 0.2) is 6.61 Å². The van der Waals surface area contributed by atoms with Crippen molar-refractivity contribution in [2.24, 2.45) is 0 Å². The average molecular weight is 360 g/mol. The van der Waals surface area contributed by atoms with E-state index in [9.17, 15) is 9.59 Å². The topological polar surface area (TPSA) is 67.4 Å². The maximum atomic E-state index is 12.3. The standard InChI is InChI=1S/C22H20N2O3/c1-16-6-5-7-19(14-16)24-22(26)17-10-12-18(13-11-17)23-21(25)15-27-20-8-3-2-4-9-20/h2-14H,15H2,1H3,(H,23,25)(H,24,26). The minimum Gasteiger partial charge on any atom is -0.484 e. The number of rotatable bonds is 6. The van der Waals surface area contributed by atoms with Gasteiger partial charge in [-0.05, 0) is 61.0 Å². The molecule has 0 aromatic heterocycles. The molecule has 0 unspecified atom stereocenters. The van der Waals surface area contributed by atoms with Crippen LogP contribution in [-0.2, 0) is 4.79 Å². The molecule has 0 aliphatic heterocycles. The highest BCUT2D eigenvalue weighted by Crippen LogP contribution is 2.14. The Hall–Kier alpha value is -3.60. The zero-order valence-corrected chi connectivity index (χ0v) is 14.9. The van der Waals surface area contributed by atoms with E-state index in [0.717, 1.165) is 11.3 Å². The van der Waals surface area contributed by atoms with E-state index in [1.807, 2.05) is 49.4 Å². The Morgan fingerprint density at radius 2 is 1.56 bits per heavy atom. The van der Waals surface area contributed by atoms with Crippen molar-refractivity contribution in [1.82, 2.24) is 0 Å². The second-order valence-electron chi connectivity index (χ2n) is 6.05. The van der Waals surface area contributed by atoms with E-state index in [4.69, 9.17) is 4.74 Å². The van der Waals surface area contributed by atoms with Gasteiger partial charge in [0.05, 0.1) is 0 Å². The van der Waals surface area contributed by atoms with E-state index in [2.05, 4.69) is 10.6 Å². The molecule has 136 valence electrons. The van der Waals surface area contributed by atoms with Crippen LogP contribution < -0.4 is 15.4 Å². The minimum absolute atomic E-state index is 0.0837. The maximum absolute atomic E-state index is 12.3. The predicted molar refractivity (Wildman–Crippen MR) is 106 cm³/mol. The Bertz CT molecular complexity index is 922. The molecule has 0 fully saturated rings. The lowest BCUT2D eigenvalue weighted by Crippen LogP contribution is -2.20. The second-order valence-corrected chi connectivity index (χ2v) is 6.05. The van der Waals surface area contributed by atoms with Gasteiger partial charge >= 0.3 is 0 Å². The number of amides is 2. The van der Waals surface area contributed by atoms with Crippen molar-refractivity contribution in [3.05, 3.63) is 90.0 Å². The summed E-state index contributed by atoms with van der Waals surface area (Å²) in [5.41, 5.74) is 2.93. The molecule has 0 aliphatic rings. The van der Waals surface area contributed by atoms with E-state index >= 15 is 0 Å². The zero-order valence-electron chi connectivity index (χ0n) is 14.9. The molecule has 2 amide bonds. The summed E-state index contributed by atoms with van der Waals surface area (Å²) in [7, 11) is 0. The summed E-state index contributed by atoms with van der Waals surface area (Å²) in [6.45, 7) is 1.88. The largest absolute Gasteiger partial charge is 0.484 e. The van der Waals surface area contributed by atoms with Crippen LogP contribution in [0, 0.1) is 6.92 Å². The zero-order chi connectivity index (χ0) is 19.1. The Morgan fingerprint density at radius 1 is 0.815 bits per heavy atom. The second kappa shape index (κ2) is 8.67. The first kappa shape index (κ1) is 18.2. The number of aryl methyl sites for hydroxylation is 1. The molecule has 3 aromatic carbocycles. The Labute approximate surface area is 158 Å². The summed E-state index contributed by atoms with van der Waals surface area (Å²) in [6, 6.07) is 23.4. The summed E-state index contributed by atoms with van der Waals surface area (Å²) in [5.74, 6) is 0.164. The monoisotopic (exact) mass is 360 g/mol. The molecule has 27 heavy (non-hydrogen) atoms. The van der Waals surface area contributed by atoms with Gasteiger partial charge in [-0.1, -0.05) is 30.3 Å². The molecular weight excluding hydrogens is 340 g/mol. The van der Waals surface area contributed by atoms with Crippen molar-refractivity contribution in [1.29, 1.82) is 0 Å². The number of nitrogens with one attached hydrogen (secondary N) is 2. The molecule has 2 N–H and O–H groups in total. The Balaban J connectivity index is 1.53. The Morgan fingerprint density at radius 3 is 2.26 bits per heavy atom. The fraction of sp³-hybridized carbons (Fsp3) is 0.0909. The van der Waals surface area contributed by atoms with Gasteiger partial charge in [0, 0.05) is 16.9 Å². The highest BCUT2D eigenvalue weighted by molar-refractivity contribution is 6.04. The first-order chi connectivity index (χ1) is 13.1. The lowest BCUT2D eigenvalue weighted by Gasteiger charge is -2.09. The van der Waals surface area contributed by atoms with Crippen molar-refractivity contribution in [3.63, 3.8) is 0 Å². The van der Waals surface area contributed by atoms with Gasteiger partial charge in [0.2, 0.25) is 0 Å². The quantitative estimate of drug-likeness (QED) is 0.690. The molecule has 5 heteroatoms. The third kappa shape index (κ3) is 5.44. The molecule has 0 atom stereocenters. The number of benzene rings is 3. The normalized spacial score (nSPS) is 10.1. The number of para-hydroxylation sites is 1. The molecule has 5 nitrogen and oxygen atoms in total. The van der Waals surface area contributed by atoms with Gasteiger partial charge in [-0.25, -0.2) is 0 Å². The lowest BCUT2D eigenvalue weighted by molar-refractivity contribution is -0.118. The molecule has 0 radical (unpaired) electrons. The predicted octanol–water partition coefficient (Wildman–Crippen LogP) is 4.26. The van der Waals surface area contributed by atoms with Gasteiger partial charge in [-0.3, -0.25) is 9.59 Å². The summed E-state index contributed by atoms with van der Waals surface area (Å²) >= 11 is 0. The van der Waals surface area contributed by atoms with Crippen LogP contribution in [0.1, 0.15) is 15.9 Å². The van der Waals surface area contributed by atoms with Crippen LogP contribution in [0.5, 0.6) is 5.75 Å². The molecule has 0 spiro atoms. The molecule has 0 saturated heterocycles. The van der Waals surface area contributed by atoms with Gasteiger partial charge in [0.1, 0.15) is 5.75 Å². The fourth-order valence-electron chi connectivity index (χ4n) is 2.49. The number of ether oxygens (including phenoxy) is 1. The molecule has 0 bridgehead atoms. The summed E-state index contributed by atoms with van der Waals surface area (Å²) < 4.78 is 5.40. The molecule has 0 heterocycles. The smallest absolute Gasteiger partial charge is 0.262 e. The Kier molecular flexibility index (Phi) is 5.84. The summed E-state index contributed by atoms with van der Waals surface area (Å²) in [5, 5.41) is 5.59. The fourth-order valence-corrected chi connectivity index (χ4v) is 2.49. The van der Waals surface area contributed by atoms with E-state index in [0.29, 0.717) is 17.0 Å². The highest BCUT2D eigenvalue weighted by atomic mass is 16.5. The number of hydrogen-bond donors (Lipinski definition) is 2. The third-order valence-electron chi connectivity index (χ3n) is 3.82. The van der Waals surface area contributed by atoms with E-state index < -0.39 is 0 Å². The molecule has 0 saturated carbocycles. The third-order valence-corrected chi connectivity index (χ3v) is 3.82. The lowest BCUT2D eigenvalue weighted by atomic mass is 10.1. The summed E-state index contributed by atoms with van der Waals surface area (Å²) in [4.78, 5) is 24.3. The van der Waals surface area contributed by atoms with E-state index in [1.54, 1.807) is 36.4 Å². The number of carbonyl (C=O) groups excluding carboxylic acids is 2. The molecule has 3 aromatic rings.